The van der Waals surface area contributed by atoms with E-state index < -0.39 is 11.1 Å². The number of amides is 1. The Morgan fingerprint density at radius 3 is 2.21 bits per heavy atom. The minimum atomic E-state index is -0.489. The SMILES string of the molecule is C[C@H](/C=C/[C@H](C)C(=O)NC1CC(C)(C)N([O])C(C)(C)C1)Cc1ccc(O)cc1. The molecule has 0 aliphatic carbocycles. The molecule has 0 spiro atoms. The first-order valence-electron chi connectivity index (χ1n) is 10.1. The maximum absolute atomic E-state index is 12.6. The number of hydrogen-bond donors (Lipinski definition) is 2. The van der Waals surface area contributed by atoms with E-state index in [-0.39, 0.29) is 23.6 Å². The Kier molecular flexibility index (Phi) is 6.94. The van der Waals surface area contributed by atoms with E-state index in [9.17, 15) is 15.1 Å². The van der Waals surface area contributed by atoms with Crippen LogP contribution in [-0.4, -0.2) is 33.2 Å². The van der Waals surface area contributed by atoms with Crippen LogP contribution in [0.3, 0.4) is 0 Å². The first-order valence-corrected chi connectivity index (χ1v) is 10.1. The molecule has 0 aromatic heterocycles. The summed E-state index contributed by atoms with van der Waals surface area (Å²) < 4.78 is 0. The van der Waals surface area contributed by atoms with Gasteiger partial charge in [-0.05, 0) is 70.6 Å². The molecule has 1 aliphatic heterocycles. The molecule has 1 aromatic rings. The molecule has 0 unspecified atom stereocenters. The van der Waals surface area contributed by atoms with Crippen LogP contribution < -0.4 is 5.32 Å². The molecule has 155 valence electrons. The van der Waals surface area contributed by atoms with Crippen LogP contribution in [-0.2, 0) is 16.4 Å². The number of phenolic OH excluding ortho intramolecular Hbond substituents is 1. The first-order chi connectivity index (χ1) is 12.9. The molecule has 1 saturated heterocycles. The van der Waals surface area contributed by atoms with Crippen LogP contribution in [0.2, 0.25) is 0 Å². The zero-order valence-corrected chi connectivity index (χ0v) is 18.0. The van der Waals surface area contributed by atoms with Crippen molar-refractivity contribution in [3.05, 3.63) is 42.0 Å². The molecule has 0 saturated carbocycles. The predicted molar refractivity (Wildman–Crippen MR) is 111 cm³/mol. The van der Waals surface area contributed by atoms with Crippen molar-refractivity contribution in [2.75, 3.05) is 0 Å². The van der Waals surface area contributed by atoms with Gasteiger partial charge in [0.05, 0.1) is 5.92 Å². The van der Waals surface area contributed by atoms with E-state index in [1.807, 2.05) is 52.8 Å². The number of aromatic hydroxyl groups is 1. The van der Waals surface area contributed by atoms with E-state index in [1.165, 1.54) is 5.06 Å². The molecule has 5 heteroatoms. The Morgan fingerprint density at radius 2 is 1.68 bits per heavy atom. The molecule has 2 atom stereocenters. The molecule has 1 heterocycles. The summed E-state index contributed by atoms with van der Waals surface area (Å²) in [5.74, 6) is 0.343. The number of nitrogens with zero attached hydrogens (tertiary/aromatic N) is 1. The molecule has 1 radical (unpaired) electrons. The lowest BCUT2D eigenvalue weighted by Crippen LogP contribution is -2.62. The van der Waals surface area contributed by atoms with Crippen molar-refractivity contribution in [2.45, 2.75) is 77.9 Å². The van der Waals surface area contributed by atoms with Crippen molar-refractivity contribution < 1.29 is 15.1 Å². The Balaban J connectivity index is 1.89. The number of carbonyl (C=O) groups is 1. The molecule has 1 aliphatic rings. The van der Waals surface area contributed by atoms with Gasteiger partial charge in [0.1, 0.15) is 5.75 Å². The van der Waals surface area contributed by atoms with Gasteiger partial charge in [0.15, 0.2) is 0 Å². The summed E-state index contributed by atoms with van der Waals surface area (Å²) in [5.41, 5.74) is 0.176. The summed E-state index contributed by atoms with van der Waals surface area (Å²) in [6, 6.07) is 7.23. The molecule has 2 N–H and O–H groups in total. The summed E-state index contributed by atoms with van der Waals surface area (Å²) in [4.78, 5) is 12.6. The van der Waals surface area contributed by atoms with E-state index in [1.54, 1.807) is 12.1 Å². The van der Waals surface area contributed by atoms with Gasteiger partial charge in [-0.25, -0.2) is 0 Å². The molecule has 0 bridgehead atoms. The van der Waals surface area contributed by atoms with Gasteiger partial charge < -0.3 is 10.4 Å². The third-order valence-corrected chi connectivity index (χ3v) is 5.57. The Bertz CT molecular complexity index is 676. The minimum Gasteiger partial charge on any atom is -0.508 e. The van der Waals surface area contributed by atoms with Crippen molar-refractivity contribution in [3.63, 3.8) is 0 Å². The van der Waals surface area contributed by atoms with Gasteiger partial charge in [0.25, 0.3) is 0 Å². The van der Waals surface area contributed by atoms with Crippen LogP contribution in [0.25, 0.3) is 0 Å². The number of phenols is 1. The molecule has 28 heavy (non-hydrogen) atoms. The van der Waals surface area contributed by atoms with E-state index in [0.717, 1.165) is 12.0 Å². The van der Waals surface area contributed by atoms with E-state index in [0.29, 0.717) is 18.8 Å². The van der Waals surface area contributed by atoms with Crippen LogP contribution in [0.1, 0.15) is 59.9 Å². The maximum atomic E-state index is 12.6. The van der Waals surface area contributed by atoms with Gasteiger partial charge >= 0.3 is 0 Å². The maximum Gasteiger partial charge on any atom is 0.226 e. The second-order valence-corrected chi connectivity index (χ2v) is 9.55. The topological polar surface area (TPSA) is 72.5 Å². The average Bonchev–Trinajstić information content (AvgIpc) is 2.59. The van der Waals surface area contributed by atoms with Crippen molar-refractivity contribution in [1.82, 2.24) is 10.4 Å². The van der Waals surface area contributed by atoms with Gasteiger partial charge in [-0.2, -0.15) is 0 Å². The van der Waals surface area contributed by atoms with E-state index >= 15 is 0 Å². The highest BCUT2D eigenvalue weighted by Crippen LogP contribution is 2.37. The first kappa shape index (κ1) is 22.4. The lowest BCUT2D eigenvalue weighted by atomic mass is 9.79. The number of hydrogen-bond acceptors (Lipinski definition) is 3. The second-order valence-electron chi connectivity index (χ2n) is 9.55. The quantitative estimate of drug-likeness (QED) is 0.717. The number of benzene rings is 1. The number of rotatable bonds is 6. The van der Waals surface area contributed by atoms with E-state index in [4.69, 9.17) is 0 Å². The van der Waals surface area contributed by atoms with Crippen LogP contribution in [0.5, 0.6) is 5.75 Å². The highest BCUT2D eigenvalue weighted by Gasteiger charge is 2.46. The van der Waals surface area contributed by atoms with Gasteiger partial charge in [0, 0.05) is 17.1 Å². The van der Waals surface area contributed by atoms with Crippen molar-refractivity contribution in [1.29, 1.82) is 0 Å². The average molecular weight is 388 g/mol. The summed E-state index contributed by atoms with van der Waals surface area (Å²) in [7, 11) is 0. The van der Waals surface area contributed by atoms with Crippen LogP contribution >= 0.6 is 0 Å². The van der Waals surface area contributed by atoms with Crippen molar-refractivity contribution >= 4 is 5.91 Å². The lowest BCUT2D eigenvalue weighted by Gasteiger charge is -2.50. The second kappa shape index (κ2) is 8.66. The molecular weight excluding hydrogens is 352 g/mol. The lowest BCUT2D eigenvalue weighted by molar-refractivity contribution is -0.290. The summed E-state index contributed by atoms with van der Waals surface area (Å²) >= 11 is 0. The van der Waals surface area contributed by atoms with Crippen molar-refractivity contribution in [2.24, 2.45) is 11.8 Å². The smallest absolute Gasteiger partial charge is 0.226 e. The number of nitrogens with one attached hydrogen (secondary N) is 1. The molecule has 1 aromatic carbocycles. The zero-order chi connectivity index (χ0) is 21.1. The monoisotopic (exact) mass is 387 g/mol. The molecule has 2 rings (SSSR count). The Hall–Kier alpha value is -1.85. The number of hydroxylamine groups is 2. The fourth-order valence-corrected chi connectivity index (χ4v) is 4.21. The molecule has 1 fully saturated rings. The van der Waals surface area contributed by atoms with Gasteiger partial charge in [-0.3, -0.25) is 4.79 Å². The summed E-state index contributed by atoms with van der Waals surface area (Å²) in [6.45, 7) is 11.8. The third-order valence-electron chi connectivity index (χ3n) is 5.57. The minimum absolute atomic E-state index is 0.00373. The van der Waals surface area contributed by atoms with Crippen LogP contribution in [0.4, 0.5) is 0 Å². The predicted octanol–water partition coefficient (Wildman–Crippen LogP) is 4.25. The number of allylic oxidation sites excluding steroid dienone is 1. The van der Waals surface area contributed by atoms with Gasteiger partial charge in [-0.1, -0.05) is 38.1 Å². The van der Waals surface area contributed by atoms with E-state index in [2.05, 4.69) is 18.3 Å². The highest BCUT2D eigenvalue weighted by molar-refractivity contribution is 5.80. The Labute approximate surface area is 169 Å². The molecule has 1 amide bonds. The normalized spacial score (nSPS) is 22.1. The van der Waals surface area contributed by atoms with Gasteiger partial charge in [-0.15, -0.1) is 10.3 Å². The number of carbonyl (C=O) groups excluding carboxylic acids is 1. The molecule has 5 nitrogen and oxygen atoms in total. The molecular formula is C23H35N2O3. The zero-order valence-electron chi connectivity index (χ0n) is 18.0. The standard InChI is InChI=1S/C23H35N2O3/c1-16(13-18-9-11-20(26)12-10-18)7-8-17(2)21(27)24-19-14-22(3,4)25(28)23(5,6)15-19/h7-12,16-17,19,26H,13-15H2,1-6H3,(H,24,27)/b8-7+/t16-,17+/m1/s1. The fraction of sp³-hybridized carbons (Fsp3) is 0.609. The van der Waals surface area contributed by atoms with Crippen molar-refractivity contribution in [3.8, 4) is 5.75 Å². The Morgan fingerprint density at radius 1 is 1.14 bits per heavy atom. The van der Waals surface area contributed by atoms with Crippen LogP contribution in [0, 0.1) is 11.8 Å². The summed E-state index contributed by atoms with van der Waals surface area (Å²) in [5, 5.41) is 26.1. The highest BCUT2D eigenvalue weighted by atomic mass is 16.5. The third kappa shape index (κ3) is 5.82. The fourth-order valence-electron chi connectivity index (χ4n) is 4.21. The summed E-state index contributed by atoms with van der Waals surface area (Å²) in [6.07, 6.45) is 6.19. The van der Waals surface area contributed by atoms with Crippen LogP contribution in [0.15, 0.2) is 36.4 Å². The largest absolute Gasteiger partial charge is 0.508 e. The number of piperidine rings is 1. The van der Waals surface area contributed by atoms with Gasteiger partial charge in [0.2, 0.25) is 5.91 Å².